The van der Waals surface area contributed by atoms with Crippen LogP contribution in [0.1, 0.15) is 27.3 Å². The van der Waals surface area contributed by atoms with Gasteiger partial charge in [-0.15, -0.1) is 11.3 Å². The van der Waals surface area contributed by atoms with Crippen molar-refractivity contribution in [2.45, 2.75) is 20.3 Å². The molecule has 5 nitrogen and oxygen atoms in total. The highest BCUT2D eigenvalue weighted by Crippen LogP contribution is 2.18. The quantitative estimate of drug-likeness (QED) is 0.878. The third-order valence-corrected chi connectivity index (χ3v) is 3.35. The summed E-state index contributed by atoms with van der Waals surface area (Å²) in [4.78, 5) is 19.7. The van der Waals surface area contributed by atoms with Crippen molar-refractivity contribution in [3.05, 3.63) is 39.5 Å². The van der Waals surface area contributed by atoms with Crippen molar-refractivity contribution in [2.24, 2.45) is 0 Å². The largest absolute Gasteiger partial charge is 0.478 e. The minimum atomic E-state index is -0.957. The van der Waals surface area contributed by atoms with Gasteiger partial charge in [-0.05, 0) is 25.5 Å². The van der Waals surface area contributed by atoms with Gasteiger partial charge in [0, 0.05) is 24.0 Å². The average molecular weight is 277 g/mol. The van der Waals surface area contributed by atoms with Gasteiger partial charge < -0.3 is 10.4 Å². The number of carbonyl (C=O) groups is 1. The number of carboxylic acid groups (broad SMARTS) is 1. The molecule has 100 valence electrons. The topological polar surface area (TPSA) is 75.1 Å². The van der Waals surface area contributed by atoms with Gasteiger partial charge >= 0.3 is 5.97 Å². The number of anilines is 1. The van der Waals surface area contributed by atoms with Gasteiger partial charge in [-0.25, -0.2) is 14.8 Å². The zero-order chi connectivity index (χ0) is 13.8. The lowest BCUT2D eigenvalue weighted by molar-refractivity contribution is 0.0697. The first-order valence-electron chi connectivity index (χ1n) is 5.90. The fourth-order valence-corrected chi connectivity index (χ4v) is 2.50. The lowest BCUT2D eigenvalue weighted by atomic mass is 10.1. The van der Waals surface area contributed by atoms with Crippen LogP contribution in [0.2, 0.25) is 0 Å². The Labute approximate surface area is 115 Å². The predicted octanol–water partition coefficient (Wildman–Crippen LogP) is 2.51. The monoisotopic (exact) mass is 277 g/mol. The standard InChI is InChI=1S/C13H15N3O2S/c1-8-5-9(2)16-12(11(8)13(17)18)14-4-3-10-6-19-7-15-10/h5-7H,3-4H2,1-2H3,(H,14,16)(H,17,18). The van der Waals surface area contributed by atoms with Crippen molar-refractivity contribution in [2.75, 3.05) is 11.9 Å². The van der Waals surface area contributed by atoms with E-state index in [0.29, 0.717) is 12.4 Å². The second-order valence-electron chi connectivity index (χ2n) is 4.27. The van der Waals surface area contributed by atoms with E-state index < -0.39 is 5.97 Å². The molecule has 2 aromatic rings. The van der Waals surface area contributed by atoms with Crippen molar-refractivity contribution in [3.63, 3.8) is 0 Å². The zero-order valence-corrected chi connectivity index (χ0v) is 11.6. The summed E-state index contributed by atoms with van der Waals surface area (Å²) in [5, 5.41) is 14.3. The Kier molecular flexibility index (Phi) is 4.11. The maximum atomic E-state index is 11.3. The molecular formula is C13H15N3O2S. The molecule has 0 unspecified atom stereocenters. The van der Waals surface area contributed by atoms with Gasteiger partial charge in [0.05, 0.1) is 11.2 Å². The van der Waals surface area contributed by atoms with E-state index in [-0.39, 0.29) is 5.56 Å². The number of thiazole rings is 1. The second-order valence-corrected chi connectivity index (χ2v) is 4.98. The number of aryl methyl sites for hydroxylation is 2. The first kappa shape index (κ1) is 13.5. The number of aromatic carboxylic acids is 1. The molecular weight excluding hydrogens is 262 g/mol. The van der Waals surface area contributed by atoms with Crippen LogP contribution in [0, 0.1) is 13.8 Å². The Bertz CT molecular complexity index is 582. The van der Waals surface area contributed by atoms with Gasteiger partial charge in [0.2, 0.25) is 0 Å². The maximum absolute atomic E-state index is 11.3. The number of aromatic nitrogens is 2. The van der Waals surface area contributed by atoms with E-state index in [1.807, 2.05) is 12.3 Å². The number of nitrogens with one attached hydrogen (secondary N) is 1. The van der Waals surface area contributed by atoms with Crippen molar-refractivity contribution in [3.8, 4) is 0 Å². The lowest BCUT2D eigenvalue weighted by Crippen LogP contribution is -2.13. The van der Waals surface area contributed by atoms with Gasteiger partial charge in [0.1, 0.15) is 11.4 Å². The highest BCUT2D eigenvalue weighted by Gasteiger charge is 2.15. The minimum Gasteiger partial charge on any atom is -0.478 e. The van der Waals surface area contributed by atoms with Gasteiger partial charge in [-0.2, -0.15) is 0 Å². The number of nitrogens with zero attached hydrogens (tertiary/aromatic N) is 2. The highest BCUT2D eigenvalue weighted by molar-refractivity contribution is 7.07. The summed E-state index contributed by atoms with van der Waals surface area (Å²) >= 11 is 1.55. The van der Waals surface area contributed by atoms with Crippen LogP contribution >= 0.6 is 11.3 Å². The zero-order valence-electron chi connectivity index (χ0n) is 10.8. The Morgan fingerprint density at radius 1 is 1.47 bits per heavy atom. The molecule has 2 aromatic heterocycles. The van der Waals surface area contributed by atoms with Crippen LogP contribution in [-0.2, 0) is 6.42 Å². The molecule has 0 radical (unpaired) electrons. The normalized spacial score (nSPS) is 10.4. The van der Waals surface area contributed by atoms with E-state index in [1.54, 1.807) is 29.8 Å². The molecule has 2 N–H and O–H groups in total. The maximum Gasteiger partial charge on any atom is 0.339 e. The molecule has 0 aliphatic rings. The number of hydrogen-bond acceptors (Lipinski definition) is 5. The molecule has 0 saturated heterocycles. The van der Waals surface area contributed by atoms with Gasteiger partial charge in [-0.3, -0.25) is 0 Å². The van der Waals surface area contributed by atoms with Gasteiger partial charge in [0.25, 0.3) is 0 Å². The van der Waals surface area contributed by atoms with E-state index in [9.17, 15) is 9.90 Å². The Balaban J connectivity index is 2.12. The summed E-state index contributed by atoms with van der Waals surface area (Å²) in [6, 6.07) is 1.77. The second kappa shape index (κ2) is 5.79. The van der Waals surface area contributed by atoms with Crippen LogP contribution < -0.4 is 5.32 Å². The van der Waals surface area contributed by atoms with Crippen molar-refractivity contribution < 1.29 is 9.90 Å². The molecule has 19 heavy (non-hydrogen) atoms. The highest BCUT2D eigenvalue weighted by atomic mass is 32.1. The number of pyridine rings is 1. The Morgan fingerprint density at radius 3 is 2.89 bits per heavy atom. The van der Waals surface area contributed by atoms with Crippen LogP contribution in [0.5, 0.6) is 0 Å². The van der Waals surface area contributed by atoms with E-state index in [2.05, 4.69) is 15.3 Å². The average Bonchev–Trinajstić information content (AvgIpc) is 2.80. The van der Waals surface area contributed by atoms with E-state index >= 15 is 0 Å². The molecule has 0 aliphatic carbocycles. The van der Waals surface area contributed by atoms with Crippen LogP contribution in [0.3, 0.4) is 0 Å². The number of carboxylic acids is 1. The molecule has 6 heteroatoms. The smallest absolute Gasteiger partial charge is 0.339 e. The molecule has 0 fully saturated rings. The number of rotatable bonds is 5. The third kappa shape index (κ3) is 3.29. The Morgan fingerprint density at radius 2 is 2.26 bits per heavy atom. The summed E-state index contributed by atoms with van der Waals surface area (Å²) in [6.45, 7) is 4.24. The predicted molar refractivity (Wildman–Crippen MR) is 75.0 cm³/mol. The summed E-state index contributed by atoms with van der Waals surface area (Å²) < 4.78 is 0. The summed E-state index contributed by atoms with van der Waals surface area (Å²) in [5.41, 5.74) is 4.55. The van der Waals surface area contributed by atoms with Crippen molar-refractivity contribution in [1.82, 2.24) is 9.97 Å². The molecule has 0 bridgehead atoms. The molecule has 0 saturated carbocycles. The summed E-state index contributed by atoms with van der Waals surface area (Å²) in [6.07, 6.45) is 0.747. The van der Waals surface area contributed by atoms with Gasteiger partial charge in [-0.1, -0.05) is 0 Å². The summed E-state index contributed by atoms with van der Waals surface area (Å²) in [7, 11) is 0. The molecule has 0 amide bonds. The fourth-order valence-electron chi connectivity index (χ4n) is 1.90. The fraction of sp³-hybridized carbons (Fsp3) is 0.308. The minimum absolute atomic E-state index is 0.240. The van der Waals surface area contributed by atoms with Crippen LogP contribution in [0.25, 0.3) is 0 Å². The molecule has 0 aromatic carbocycles. The number of hydrogen-bond donors (Lipinski definition) is 2. The Hall–Kier alpha value is -1.95. The van der Waals surface area contributed by atoms with Gasteiger partial charge in [0.15, 0.2) is 0 Å². The lowest BCUT2D eigenvalue weighted by Gasteiger charge is -2.11. The summed E-state index contributed by atoms with van der Waals surface area (Å²) in [5.74, 6) is -0.526. The SMILES string of the molecule is Cc1cc(C)c(C(=O)O)c(NCCc2cscn2)n1. The molecule has 2 heterocycles. The van der Waals surface area contributed by atoms with Crippen LogP contribution in [-0.4, -0.2) is 27.6 Å². The van der Waals surface area contributed by atoms with E-state index in [0.717, 1.165) is 23.4 Å². The van der Waals surface area contributed by atoms with E-state index in [4.69, 9.17) is 0 Å². The molecule has 0 spiro atoms. The first-order chi connectivity index (χ1) is 9.08. The van der Waals surface area contributed by atoms with E-state index in [1.165, 1.54) is 0 Å². The van der Waals surface area contributed by atoms with Crippen molar-refractivity contribution in [1.29, 1.82) is 0 Å². The third-order valence-electron chi connectivity index (χ3n) is 2.72. The van der Waals surface area contributed by atoms with Crippen molar-refractivity contribution >= 4 is 23.1 Å². The molecule has 2 rings (SSSR count). The molecule has 0 atom stereocenters. The molecule has 0 aliphatic heterocycles. The first-order valence-corrected chi connectivity index (χ1v) is 6.84. The van der Waals surface area contributed by atoms with Crippen LogP contribution in [0.15, 0.2) is 17.0 Å². The van der Waals surface area contributed by atoms with Crippen LogP contribution in [0.4, 0.5) is 5.82 Å².